The van der Waals surface area contributed by atoms with Crippen molar-refractivity contribution in [1.29, 1.82) is 0 Å². The Morgan fingerprint density at radius 2 is 1.53 bits per heavy atom. The number of hydrogen-bond acceptors (Lipinski definition) is 8. The Labute approximate surface area is 224 Å². The number of nitrogens with zero attached hydrogens (tertiary/aromatic N) is 2. The van der Waals surface area contributed by atoms with Crippen LogP contribution in [-0.2, 0) is 20.8 Å². The fraction of sp³-hybridized carbons (Fsp3) is 0.250. The van der Waals surface area contributed by atoms with Crippen LogP contribution in [0.4, 0.5) is 0 Å². The highest BCUT2D eigenvalue weighted by atomic mass is 35.5. The van der Waals surface area contributed by atoms with Gasteiger partial charge in [-0.1, -0.05) is 41.9 Å². The van der Waals surface area contributed by atoms with Gasteiger partial charge < -0.3 is 14.2 Å². The second-order valence-corrected chi connectivity index (χ2v) is 8.73. The van der Waals surface area contributed by atoms with Crippen LogP contribution in [0.25, 0.3) is 11.1 Å². The van der Waals surface area contributed by atoms with E-state index >= 15 is 0 Å². The number of halogens is 1. The molecule has 2 heterocycles. The van der Waals surface area contributed by atoms with Crippen molar-refractivity contribution in [3.05, 3.63) is 87.2 Å². The number of aromatic nitrogens is 1. The number of aryl methyl sites for hydroxylation is 1. The molecule has 0 radical (unpaired) electrons. The number of pyridine rings is 1. The zero-order valence-electron chi connectivity index (χ0n) is 21.1. The van der Waals surface area contributed by atoms with Gasteiger partial charge in [0.15, 0.2) is 0 Å². The van der Waals surface area contributed by atoms with Crippen LogP contribution in [0.2, 0.25) is 5.02 Å². The van der Waals surface area contributed by atoms with Crippen LogP contribution in [0.3, 0.4) is 0 Å². The minimum Gasteiger partial charge on any atom is -0.465 e. The normalized spacial score (nSPS) is 12.5. The molecule has 0 spiro atoms. The zero-order chi connectivity index (χ0) is 27.4. The number of ether oxygens (including phenoxy) is 3. The Kier molecular flexibility index (Phi) is 8.19. The number of benzene rings is 2. The first-order valence-corrected chi connectivity index (χ1v) is 12.2. The quantitative estimate of drug-likeness (QED) is 0.223. The Morgan fingerprint density at radius 3 is 2.11 bits per heavy atom. The SMILES string of the molecule is CCOC(=O)c1c(COCCN2C(=O)c3ccccc3C2=O)nc(C)c(C(=O)OC)c1-c1ccccc1Cl. The van der Waals surface area contributed by atoms with Crippen molar-refractivity contribution in [2.45, 2.75) is 20.5 Å². The van der Waals surface area contributed by atoms with Gasteiger partial charge in [-0.25, -0.2) is 9.59 Å². The summed E-state index contributed by atoms with van der Waals surface area (Å²) in [5, 5.41) is 0.311. The van der Waals surface area contributed by atoms with Crippen molar-refractivity contribution in [3.8, 4) is 11.1 Å². The molecule has 0 saturated heterocycles. The first-order chi connectivity index (χ1) is 18.3. The van der Waals surface area contributed by atoms with Crippen LogP contribution in [0.1, 0.15) is 59.7 Å². The Balaban J connectivity index is 1.66. The van der Waals surface area contributed by atoms with Gasteiger partial charge in [0.25, 0.3) is 11.8 Å². The summed E-state index contributed by atoms with van der Waals surface area (Å²) >= 11 is 6.48. The van der Waals surface area contributed by atoms with E-state index in [-0.39, 0.29) is 60.6 Å². The molecule has 2 amide bonds. The van der Waals surface area contributed by atoms with Gasteiger partial charge in [0, 0.05) is 16.1 Å². The molecule has 4 rings (SSSR count). The summed E-state index contributed by atoms with van der Waals surface area (Å²) in [5.41, 5.74) is 1.97. The highest BCUT2D eigenvalue weighted by Gasteiger charge is 2.35. The predicted octanol–water partition coefficient (Wildman–Crippen LogP) is 4.49. The second-order valence-electron chi connectivity index (χ2n) is 8.32. The molecule has 0 aliphatic carbocycles. The topological polar surface area (TPSA) is 112 Å². The molecule has 0 fully saturated rings. The number of methoxy groups -OCH3 is 1. The van der Waals surface area contributed by atoms with Crippen molar-refractivity contribution >= 4 is 35.4 Å². The second kappa shape index (κ2) is 11.5. The zero-order valence-corrected chi connectivity index (χ0v) is 21.8. The van der Waals surface area contributed by atoms with Gasteiger partial charge in [-0.05, 0) is 32.0 Å². The third-order valence-corrected chi connectivity index (χ3v) is 6.37. The number of rotatable bonds is 9. The molecule has 10 heteroatoms. The number of hydrogen-bond donors (Lipinski definition) is 0. The molecule has 0 bridgehead atoms. The molecule has 2 aromatic carbocycles. The smallest absolute Gasteiger partial charge is 0.340 e. The lowest BCUT2D eigenvalue weighted by molar-refractivity contribution is 0.0509. The van der Waals surface area contributed by atoms with Crippen LogP contribution in [0.5, 0.6) is 0 Å². The highest BCUT2D eigenvalue weighted by molar-refractivity contribution is 6.34. The maximum atomic E-state index is 13.2. The molecule has 0 unspecified atom stereocenters. The number of esters is 2. The fourth-order valence-electron chi connectivity index (χ4n) is 4.34. The van der Waals surface area contributed by atoms with Gasteiger partial charge in [-0.3, -0.25) is 19.5 Å². The van der Waals surface area contributed by atoms with Gasteiger partial charge in [-0.15, -0.1) is 0 Å². The number of fused-ring (bicyclic) bond motifs is 1. The minimum absolute atomic E-state index is 0.00532. The molecule has 9 nitrogen and oxygen atoms in total. The maximum Gasteiger partial charge on any atom is 0.340 e. The molecule has 1 aliphatic heterocycles. The van der Waals surface area contributed by atoms with Crippen LogP contribution in [-0.4, -0.2) is 60.5 Å². The lowest BCUT2D eigenvalue weighted by Crippen LogP contribution is -2.33. The number of imide groups is 1. The lowest BCUT2D eigenvalue weighted by atomic mass is 9.92. The number of carbonyl (C=O) groups is 4. The van der Waals surface area contributed by atoms with Crippen molar-refractivity contribution < 1.29 is 33.4 Å². The minimum atomic E-state index is -0.709. The van der Waals surface area contributed by atoms with Crippen LogP contribution in [0.15, 0.2) is 48.5 Å². The predicted molar refractivity (Wildman–Crippen MR) is 138 cm³/mol. The standard InChI is InChI=1S/C28H25ClN2O7/c1-4-38-28(35)24-21(15-37-14-13-31-25(32)17-9-5-6-10-18(17)26(31)33)30-16(2)22(27(34)36-3)23(24)19-11-7-8-12-20(19)29/h5-12H,4,13-15H2,1-3H3. The largest absolute Gasteiger partial charge is 0.465 e. The maximum absolute atomic E-state index is 13.2. The first-order valence-electron chi connectivity index (χ1n) is 11.9. The summed E-state index contributed by atoms with van der Waals surface area (Å²) in [6, 6.07) is 13.4. The lowest BCUT2D eigenvalue weighted by Gasteiger charge is -2.20. The van der Waals surface area contributed by atoms with E-state index < -0.39 is 11.9 Å². The van der Waals surface area contributed by atoms with Gasteiger partial charge in [-0.2, -0.15) is 0 Å². The Hall–Kier alpha value is -4.08. The summed E-state index contributed by atoms with van der Waals surface area (Å²) in [7, 11) is 1.23. The van der Waals surface area contributed by atoms with Crippen molar-refractivity contribution in [2.24, 2.45) is 0 Å². The van der Waals surface area contributed by atoms with Gasteiger partial charge in [0.1, 0.15) is 0 Å². The number of carbonyl (C=O) groups excluding carboxylic acids is 4. The van der Waals surface area contributed by atoms with E-state index in [0.29, 0.717) is 27.4 Å². The van der Waals surface area contributed by atoms with E-state index in [1.807, 2.05) is 0 Å². The highest BCUT2D eigenvalue weighted by Crippen LogP contribution is 2.37. The average Bonchev–Trinajstić information content (AvgIpc) is 3.15. The fourth-order valence-corrected chi connectivity index (χ4v) is 4.57. The third kappa shape index (κ3) is 5.03. The van der Waals surface area contributed by atoms with E-state index in [4.69, 9.17) is 25.8 Å². The van der Waals surface area contributed by atoms with E-state index in [9.17, 15) is 19.2 Å². The van der Waals surface area contributed by atoms with E-state index in [1.165, 1.54) is 7.11 Å². The van der Waals surface area contributed by atoms with Gasteiger partial charge in [0.2, 0.25) is 0 Å². The monoisotopic (exact) mass is 536 g/mol. The molecular formula is C28H25ClN2O7. The van der Waals surface area contributed by atoms with Crippen LogP contribution < -0.4 is 0 Å². The Bertz CT molecular complexity index is 1400. The molecule has 38 heavy (non-hydrogen) atoms. The van der Waals surface area contributed by atoms with Crippen LogP contribution in [0, 0.1) is 6.92 Å². The Morgan fingerprint density at radius 1 is 0.921 bits per heavy atom. The summed E-state index contributed by atoms with van der Waals surface area (Å²) < 4.78 is 16.1. The molecule has 1 aromatic heterocycles. The summed E-state index contributed by atoms with van der Waals surface area (Å²) in [4.78, 5) is 56.8. The van der Waals surface area contributed by atoms with E-state index in [2.05, 4.69) is 4.98 Å². The molecule has 0 N–H and O–H groups in total. The average molecular weight is 537 g/mol. The number of amides is 2. The molecule has 3 aromatic rings. The van der Waals surface area contributed by atoms with Gasteiger partial charge in [0.05, 0.1) is 67.1 Å². The van der Waals surface area contributed by atoms with Crippen LogP contribution >= 0.6 is 11.6 Å². The van der Waals surface area contributed by atoms with Crippen molar-refractivity contribution in [2.75, 3.05) is 26.9 Å². The molecule has 1 aliphatic rings. The molecular weight excluding hydrogens is 512 g/mol. The summed E-state index contributed by atoms with van der Waals surface area (Å²) in [5.74, 6) is -2.18. The third-order valence-electron chi connectivity index (χ3n) is 6.04. The summed E-state index contributed by atoms with van der Waals surface area (Å²) in [6.07, 6.45) is 0. The molecule has 0 saturated carbocycles. The summed E-state index contributed by atoms with van der Waals surface area (Å²) in [6.45, 7) is 3.21. The molecule has 0 atom stereocenters. The van der Waals surface area contributed by atoms with E-state index in [1.54, 1.807) is 62.4 Å². The first kappa shape index (κ1) is 27.0. The molecule has 196 valence electrons. The van der Waals surface area contributed by atoms with Gasteiger partial charge >= 0.3 is 11.9 Å². The van der Waals surface area contributed by atoms with Crippen molar-refractivity contribution in [1.82, 2.24) is 9.88 Å². The van der Waals surface area contributed by atoms with Crippen molar-refractivity contribution in [3.63, 3.8) is 0 Å². The van der Waals surface area contributed by atoms with E-state index in [0.717, 1.165) is 4.90 Å².